The highest BCUT2D eigenvalue weighted by Crippen LogP contribution is 2.25. The highest BCUT2D eigenvalue weighted by atomic mass is 35.5. The Hall–Kier alpha value is -2.31. The minimum Gasteiger partial charge on any atom is -0.462 e. The van der Waals surface area contributed by atoms with Crippen molar-refractivity contribution >= 4 is 46.3 Å². The second-order valence-corrected chi connectivity index (χ2v) is 8.84. The Morgan fingerprint density at radius 1 is 1.29 bits per heavy atom. The van der Waals surface area contributed by atoms with Gasteiger partial charge >= 0.3 is 5.97 Å². The number of hydrogen-bond donors (Lipinski definition) is 2. The summed E-state index contributed by atoms with van der Waals surface area (Å²) in [5.74, 6) is 0.293. The van der Waals surface area contributed by atoms with Gasteiger partial charge in [-0.15, -0.1) is 0 Å². The number of esters is 1. The first-order valence-corrected chi connectivity index (χ1v) is 11.5. The van der Waals surface area contributed by atoms with E-state index in [1.54, 1.807) is 25.1 Å². The molecule has 0 unspecified atom stereocenters. The van der Waals surface area contributed by atoms with Crippen molar-refractivity contribution in [2.75, 3.05) is 29.9 Å². The summed E-state index contributed by atoms with van der Waals surface area (Å²) < 4.78 is 5.05. The first-order valence-electron chi connectivity index (χ1n) is 10.8. The minimum atomic E-state index is -0.452. The third-order valence-electron chi connectivity index (χ3n) is 5.48. The average molecular weight is 460 g/mol. The molecule has 31 heavy (non-hydrogen) atoms. The van der Waals surface area contributed by atoms with Crippen molar-refractivity contribution in [2.24, 2.45) is 5.92 Å². The number of thiocarbonyl (C=S) groups is 1. The Morgan fingerprint density at radius 3 is 2.71 bits per heavy atom. The summed E-state index contributed by atoms with van der Waals surface area (Å²) in [6.07, 6.45) is 2.57. The Kier molecular flexibility index (Phi) is 8.15. The van der Waals surface area contributed by atoms with Gasteiger partial charge in [0.15, 0.2) is 5.11 Å². The molecular weight excluding hydrogens is 430 g/mol. The van der Waals surface area contributed by atoms with Gasteiger partial charge in [-0.1, -0.05) is 30.7 Å². The summed E-state index contributed by atoms with van der Waals surface area (Å²) in [7, 11) is 0. The summed E-state index contributed by atoms with van der Waals surface area (Å²) in [4.78, 5) is 14.5. The van der Waals surface area contributed by atoms with Crippen LogP contribution in [0.1, 0.15) is 55.6 Å². The Bertz CT molecular complexity index is 920. The molecule has 0 amide bonds. The lowest BCUT2D eigenvalue weighted by molar-refractivity contribution is 0.0526. The quantitative estimate of drug-likeness (QED) is 0.420. The normalized spacial score (nSPS) is 17.0. The van der Waals surface area contributed by atoms with E-state index in [0.29, 0.717) is 28.0 Å². The zero-order valence-corrected chi connectivity index (χ0v) is 19.9. The van der Waals surface area contributed by atoms with Crippen LogP contribution in [-0.2, 0) is 4.74 Å². The maximum Gasteiger partial charge on any atom is 0.339 e. The molecule has 7 heteroatoms. The van der Waals surface area contributed by atoms with E-state index in [-0.39, 0.29) is 6.04 Å². The van der Waals surface area contributed by atoms with Gasteiger partial charge in [-0.05, 0) is 80.7 Å². The van der Waals surface area contributed by atoms with Crippen LogP contribution in [0.3, 0.4) is 0 Å². The third kappa shape index (κ3) is 6.34. The average Bonchev–Trinajstić information content (AvgIpc) is 2.75. The summed E-state index contributed by atoms with van der Waals surface area (Å²) in [5.41, 5.74) is 3.41. The van der Waals surface area contributed by atoms with Crippen LogP contribution in [0.25, 0.3) is 0 Å². The van der Waals surface area contributed by atoms with E-state index in [0.717, 1.165) is 24.6 Å². The molecule has 0 aliphatic carbocycles. The summed E-state index contributed by atoms with van der Waals surface area (Å²) in [6.45, 7) is 8.68. The second-order valence-electron chi connectivity index (χ2n) is 8.02. The third-order valence-corrected chi connectivity index (χ3v) is 6.03. The molecule has 0 aromatic heterocycles. The number of anilines is 2. The number of carbonyl (C=O) groups is 1. The van der Waals surface area contributed by atoms with E-state index in [1.165, 1.54) is 18.5 Å². The maximum atomic E-state index is 12.0. The number of piperidine rings is 1. The predicted molar refractivity (Wildman–Crippen MR) is 132 cm³/mol. The molecule has 0 bridgehead atoms. The van der Waals surface area contributed by atoms with Crippen molar-refractivity contribution in [2.45, 2.75) is 39.7 Å². The molecule has 166 valence electrons. The summed E-state index contributed by atoms with van der Waals surface area (Å²) >= 11 is 11.6. The number of rotatable bonds is 6. The molecule has 0 spiro atoms. The first kappa shape index (κ1) is 23.4. The monoisotopic (exact) mass is 459 g/mol. The lowest BCUT2D eigenvalue weighted by Gasteiger charge is -2.33. The second kappa shape index (κ2) is 10.8. The molecule has 2 aromatic carbocycles. The van der Waals surface area contributed by atoms with Crippen LogP contribution < -0.4 is 15.5 Å². The van der Waals surface area contributed by atoms with Gasteiger partial charge in [0, 0.05) is 24.5 Å². The van der Waals surface area contributed by atoms with Crippen molar-refractivity contribution < 1.29 is 9.53 Å². The number of ether oxygens (including phenoxy) is 1. The van der Waals surface area contributed by atoms with Gasteiger partial charge in [0.25, 0.3) is 0 Å². The molecule has 2 aromatic rings. The lowest BCUT2D eigenvalue weighted by atomic mass is 9.99. The fraction of sp³-hybridized carbons (Fsp3) is 0.417. The maximum absolute atomic E-state index is 12.0. The Morgan fingerprint density at radius 2 is 2.03 bits per heavy atom. The zero-order valence-electron chi connectivity index (χ0n) is 18.3. The molecule has 2 N–H and O–H groups in total. The molecule has 1 aliphatic rings. The van der Waals surface area contributed by atoms with Crippen LogP contribution in [0.2, 0.25) is 5.02 Å². The van der Waals surface area contributed by atoms with Gasteiger partial charge in [-0.3, -0.25) is 0 Å². The van der Waals surface area contributed by atoms with Crippen molar-refractivity contribution in [1.29, 1.82) is 0 Å². The van der Waals surface area contributed by atoms with Gasteiger partial charge in [-0.2, -0.15) is 0 Å². The highest BCUT2D eigenvalue weighted by molar-refractivity contribution is 7.80. The molecule has 2 atom stereocenters. The van der Waals surface area contributed by atoms with E-state index < -0.39 is 5.97 Å². The number of nitrogens with one attached hydrogen (secondary N) is 2. The van der Waals surface area contributed by atoms with E-state index in [4.69, 9.17) is 28.6 Å². The lowest BCUT2D eigenvalue weighted by Crippen LogP contribution is -2.34. The molecule has 1 aliphatic heterocycles. The largest absolute Gasteiger partial charge is 0.462 e. The van der Waals surface area contributed by atoms with Crippen LogP contribution in [0.4, 0.5) is 11.4 Å². The zero-order chi connectivity index (χ0) is 22.4. The first-order chi connectivity index (χ1) is 14.9. The molecule has 0 saturated carbocycles. The fourth-order valence-corrected chi connectivity index (χ4v) is 4.30. The van der Waals surface area contributed by atoms with Crippen molar-refractivity contribution in [3.05, 3.63) is 58.6 Å². The van der Waals surface area contributed by atoms with Crippen LogP contribution in [-0.4, -0.2) is 30.8 Å². The highest BCUT2D eigenvalue weighted by Gasteiger charge is 2.17. The van der Waals surface area contributed by atoms with Crippen molar-refractivity contribution in [3.63, 3.8) is 0 Å². The smallest absolute Gasteiger partial charge is 0.339 e. The summed E-state index contributed by atoms with van der Waals surface area (Å²) in [6, 6.07) is 13.8. The predicted octanol–water partition coefficient (Wildman–Crippen LogP) is 5.80. The Labute approximate surface area is 195 Å². The SMILES string of the molecule is CCOC(=O)c1cc(NC(=S)N[C@H](C)c2ccc(N3CCC[C@H](C)C3)cc2)ccc1Cl. The van der Waals surface area contributed by atoms with Gasteiger partial charge in [0.05, 0.1) is 23.2 Å². The van der Waals surface area contributed by atoms with Crippen LogP contribution in [0.5, 0.6) is 0 Å². The number of carbonyl (C=O) groups excluding carboxylic acids is 1. The van der Waals surface area contributed by atoms with Gasteiger partial charge in [0.2, 0.25) is 0 Å². The number of hydrogen-bond acceptors (Lipinski definition) is 4. The Balaban J connectivity index is 1.59. The van der Waals surface area contributed by atoms with Crippen LogP contribution in [0, 0.1) is 5.92 Å². The van der Waals surface area contributed by atoms with Crippen LogP contribution in [0.15, 0.2) is 42.5 Å². The molecule has 1 heterocycles. The van der Waals surface area contributed by atoms with E-state index in [9.17, 15) is 4.79 Å². The number of halogens is 1. The van der Waals surface area contributed by atoms with Gasteiger partial charge in [0.1, 0.15) is 0 Å². The standard InChI is InChI=1S/C24H30ClN3O2S/c1-4-30-23(29)21-14-19(9-12-22(21)25)27-24(31)26-17(3)18-7-10-20(11-8-18)28-13-5-6-16(2)15-28/h7-12,14,16-17H,4-6,13,15H2,1-3H3,(H2,26,27,31)/t16-,17+/m0/s1. The molecule has 5 nitrogen and oxygen atoms in total. The van der Waals surface area contributed by atoms with Gasteiger partial charge < -0.3 is 20.3 Å². The van der Waals surface area contributed by atoms with E-state index in [2.05, 4.69) is 53.6 Å². The van der Waals surface area contributed by atoms with E-state index in [1.807, 2.05) is 0 Å². The molecule has 1 fully saturated rings. The van der Waals surface area contributed by atoms with Crippen LogP contribution >= 0.6 is 23.8 Å². The summed E-state index contributed by atoms with van der Waals surface area (Å²) in [5, 5.41) is 7.24. The molecule has 0 radical (unpaired) electrons. The number of benzene rings is 2. The number of nitrogens with zero attached hydrogens (tertiary/aromatic N) is 1. The fourth-order valence-electron chi connectivity index (χ4n) is 3.81. The topological polar surface area (TPSA) is 53.6 Å². The molecular formula is C24H30ClN3O2S. The van der Waals surface area contributed by atoms with Crippen molar-refractivity contribution in [1.82, 2.24) is 5.32 Å². The van der Waals surface area contributed by atoms with E-state index >= 15 is 0 Å². The minimum absolute atomic E-state index is 0.0335. The van der Waals surface area contributed by atoms with Crippen molar-refractivity contribution in [3.8, 4) is 0 Å². The van der Waals surface area contributed by atoms with Gasteiger partial charge in [-0.25, -0.2) is 4.79 Å². The molecule has 1 saturated heterocycles. The molecule has 3 rings (SSSR count).